The zero-order chi connectivity index (χ0) is 11.2. The average molecular weight is 214 g/mol. The fourth-order valence-corrected chi connectivity index (χ4v) is 2.08. The van der Waals surface area contributed by atoms with Crippen LogP contribution in [0.5, 0.6) is 0 Å². The second-order valence-electron chi connectivity index (χ2n) is 4.47. The van der Waals surface area contributed by atoms with Crippen molar-refractivity contribution in [3.63, 3.8) is 0 Å². The van der Waals surface area contributed by atoms with Crippen LogP contribution in [-0.4, -0.2) is 12.1 Å². The highest BCUT2D eigenvalue weighted by atomic mass is 14.8. The summed E-state index contributed by atoms with van der Waals surface area (Å²) in [5, 5.41) is 0. The number of rotatable bonds is 2. The lowest BCUT2D eigenvalue weighted by molar-refractivity contribution is 0.444. The monoisotopic (exact) mass is 214 g/mol. The Hall–Kier alpha value is -1.40. The molecule has 0 atom stereocenters. The Balaban J connectivity index is 1.99. The van der Waals surface area contributed by atoms with E-state index in [9.17, 15) is 0 Å². The minimum Gasteiger partial charge on any atom is -0.222 e. The van der Waals surface area contributed by atoms with Gasteiger partial charge in [0.15, 0.2) is 0 Å². The molecule has 1 fully saturated rings. The fraction of sp³-hybridized carbons (Fsp3) is 0.500. The van der Waals surface area contributed by atoms with Gasteiger partial charge in [-0.05, 0) is 37.5 Å². The van der Waals surface area contributed by atoms with Crippen LogP contribution >= 0.6 is 0 Å². The van der Waals surface area contributed by atoms with E-state index in [1.807, 2.05) is 18.2 Å². The molecule has 1 saturated carbocycles. The molecule has 0 aliphatic heterocycles. The van der Waals surface area contributed by atoms with Gasteiger partial charge in [-0.2, -0.15) is 4.99 Å². The van der Waals surface area contributed by atoms with Gasteiger partial charge in [0, 0.05) is 0 Å². The van der Waals surface area contributed by atoms with Gasteiger partial charge in [-0.1, -0.05) is 31.4 Å². The number of aliphatic imine (C=N–C) groups is 2. The summed E-state index contributed by atoms with van der Waals surface area (Å²) in [7, 11) is 0. The summed E-state index contributed by atoms with van der Waals surface area (Å²) in [6, 6.07) is 11.4. The Morgan fingerprint density at radius 2 is 2.00 bits per heavy atom. The third-order valence-electron chi connectivity index (χ3n) is 3.00. The number of aryl methyl sites for hydroxylation is 1. The topological polar surface area (TPSA) is 24.7 Å². The standard InChI is InChI=1S/C14H18N2/c1-12-6-5-9-14(10-12)16-11-15-13-7-3-2-4-8-13/h5-6,9-10,13H,2-4,7-8H2,1H3. The van der Waals surface area contributed by atoms with Crippen LogP contribution < -0.4 is 0 Å². The van der Waals surface area contributed by atoms with E-state index < -0.39 is 0 Å². The largest absolute Gasteiger partial charge is 0.222 e. The molecule has 0 aromatic heterocycles. The second kappa shape index (κ2) is 5.62. The van der Waals surface area contributed by atoms with Crippen molar-refractivity contribution in [2.45, 2.75) is 45.1 Å². The summed E-state index contributed by atoms with van der Waals surface area (Å²) < 4.78 is 0. The molecule has 2 nitrogen and oxygen atoms in total. The van der Waals surface area contributed by atoms with Gasteiger partial charge >= 0.3 is 0 Å². The Morgan fingerprint density at radius 1 is 1.19 bits per heavy atom. The van der Waals surface area contributed by atoms with E-state index in [2.05, 4.69) is 29.0 Å². The van der Waals surface area contributed by atoms with E-state index in [4.69, 9.17) is 0 Å². The lowest BCUT2D eigenvalue weighted by Gasteiger charge is -2.15. The zero-order valence-electron chi connectivity index (χ0n) is 9.82. The first-order chi connectivity index (χ1) is 7.84. The Morgan fingerprint density at radius 3 is 2.75 bits per heavy atom. The lowest BCUT2D eigenvalue weighted by atomic mass is 9.96. The van der Waals surface area contributed by atoms with E-state index in [0.29, 0.717) is 6.04 Å². The molecule has 16 heavy (non-hydrogen) atoms. The fourth-order valence-electron chi connectivity index (χ4n) is 2.08. The van der Waals surface area contributed by atoms with Crippen molar-refractivity contribution < 1.29 is 0 Å². The lowest BCUT2D eigenvalue weighted by Crippen LogP contribution is -2.08. The molecule has 1 aromatic rings. The first kappa shape index (κ1) is 11.1. The molecule has 2 rings (SSSR count). The van der Waals surface area contributed by atoms with Crippen LogP contribution in [-0.2, 0) is 0 Å². The first-order valence-electron chi connectivity index (χ1n) is 6.07. The first-order valence-corrected chi connectivity index (χ1v) is 6.07. The van der Waals surface area contributed by atoms with Crippen molar-refractivity contribution in [1.29, 1.82) is 0 Å². The van der Waals surface area contributed by atoms with Crippen LogP contribution in [0, 0.1) is 6.92 Å². The van der Waals surface area contributed by atoms with Crippen LogP contribution in [0.2, 0.25) is 0 Å². The molecule has 2 heteroatoms. The van der Waals surface area contributed by atoms with Crippen molar-refractivity contribution in [1.82, 2.24) is 0 Å². The van der Waals surface area contributed by atoms with Gasteiger partial charge in [0.25, 0.3) is 0 Å². The van der Waals surface area contributed by atoms with Crippen LogP contribution in [0.4, 0.5) is 5.69 Å². The third-order valence-corrected chi connectivity index (χ3v) is 3.00. The van der Waals surface area contributed by atoms with Gasteiger partial charge in [0.05, 0.1) is 17.7 Å². The zero-order valence-corrected chi connectivity index (χ0v) is 9.82. The molecule has 1 aromatic carbocycles. The molecule has 0 amide bonds. The minimum absolute atomic E-state index is 0.460. The predicted molar refractivity (Wildman–Crippen MR) is 67.6 cm³/mol. The SMILES string of the molecule is Cc1cccc(N=C=NC2CCCCC2)c1. The highest BCUT2D eigenvalue weighted by molar-refractivity contribution is 5.53. The Bertz CT molecular complexity index is 397. The highest BCUT2D eigenvalue weighted by Crippen LogP contribution is 2.19. The minimum atomic E-state index is 0.460. The molecule has 0 radical (unpaired) electrons. The molecule has 0 bridgehead atoms. The number of nitrogens with zero attached hydrogens (tertiary/aromatic N) is 2. The van der Waals surface area contributed by atoms with E-state index >= 15 is 0 Å². The van der Waals surface area contributed by atoms with Crippen LogP contribution in [0.25, 0.3) is 0 Å². The van der Waals surface area contributed by atoms with Crippen molar-refractivity contribution in [3.8, 4) is 0 Å². The Labute approximate surface area is 97.1 Å². The molecule has 1 aliphatic carbocycles. The quantitative estimate of drug-likeness (QED) is 0.661. The maximum absolute atomic E-state index is 4.39. The molecule has 84 valence electrons. The molecule has 0 N–H and O–H groups in total. The van der Waals surface area contributed by atoms with Gasteiger partial charge in [-0.3, -0.25) is 0 Å². The molecular formula is C14H18N2. The van der Waals surface area contributed by atoms with Gasteiger partial charge in [0.2, 0.25) is 0 Å². The van der Waals surface area contributed by atoms with Gasteiger partial charge in [-0.15, -0.1) is 0 Å². The van der Waals surface area contributed by atoms with Crippen molar-refractivity contribution >= 4 is 11.7 Å². The summed E-state index contributed by atoms with van der Waals surface area (Å²) in [4.78, 5) is 8.64. The summed E-state index contributed by atoms with van der Waals surface area (Å²) in [5.41, 5.74) is 2.17. The van der Waals surface area contributed by atoms with Crippen molar-refractivity contribution in [2.75, 3.05) is 0 Å². The van der Waals surface area contributed by atoms with Crippen LogP contribution in [0.1, 0.15) is 37.7 Å². The summed E-state index contributed by atoms with van der Waals surface area (Å²) in [6.45, 7) is 2.07. The normalized spacial score (nSPS) is 16.6. The summed E-state index contributed by atoms with van der Waals surface area (Å²) in [5.74, 6) is 0. The molecule has 0 unspecified atom stereocenters. The van der Waals surface area contributed by atoms with E-state index in [0.717, 1.165) is 5.69 Å². The molecule has 0 saturated heterocycles. The smallest absolute Gasteiger partial charge is 0.0951 e. The van der Waals surface area contributed by atoms with Gasteiger partial charge in [0.1, 0.15) is 0 Å². The van der Waals surface area contributed by atoms with Crippen molar-refractivity contribution in [3.05, 3.63) is 29.8 Å². The maximum Gasteiger partial charge on any atom is 0.0951 e. The average Bonchev–Trinajstić information content (AvgIpc) is 2.30. The Kier molecular flexibility index (Phi) is 3.90. The van der Waals surface area contributed by atoms with E-state index in [1.54, 1.807) is 0 Å². The molecular weight excluding hydrogens is 196 g/mol. The number of benzene rings is 1. The van der Waals surface area contributed by atoms with Crippen LogP contribution in [0.15, 0.2) is 34.3 Å². The number of hydrogen-bond acceptors (Lipinski definition) is 2. The molecule has 0 heterocycles. The summed E-state index contributed by atoms with van der Waals surface area (Å²) in [6.07, 6.45) is 6.38. The number of hydrogen-bond donors (Lipinski definition) is 0. The van der Waals surface area contributed by atoms with E-state index in [1.165, 1.54) is 37.7 Å². The van der Waals surface area contributed by atoms with Crippen molar-refractivity contribution in [2.24, 2.45) is 9.98 Å². The van der Waals surface area contributed by atoms with Crippen LogP contribution in [0.3, 0.4) is 0 Å². The summed E-state index contributed by atoms with van der Waals surface area (Å²) >= 11 is 0. The van der Waals surface area contributed by atoms with Gasteiger partial charge < -0.3 is 0 Å². The predicted octanol–water partition coefficient (Wildman–Crippen LogP) is 4.13. The maximum atomic E-state index is 4.39. The molecule has 1 aliphatic rings. The third kappa shape index (κ3) is 3.32. The highest BCUT2D eigenvalue weighted by Gasteiger charge is 2.10. The van der Waals surface area contributed by atoms with E-state index in [-0.39, 0.29) is 0 Å². The molecule has 0 spiro atoms. The van der Waals surface area contributed by atoms with Gasteiger partial charge in [-0.25, -0.2) is 4.99 Å². The second-order valence-corrected chi connectivity index (χ2v) is 4.47.